The van der Waals surface area contributed by atoms with Crippen molar-refractivity contribution < 1.29 is 14.1 Å². The number of carbonyl (C=O) groups is 2. The van der Waals surface area contributed by atoms with Crippen LogP contribution in [-0.4, -0.2) is 40.4 Å². The number of aryl methyl sites for hydroxylation is 1. The first-order valence-corrected chi connectivity index (χ1v) is 11.5. The molecule has 4 aromatic rings. The minimum atomic E-state index is -0.156. The van der Waals surface area contributed by atoms with Gasteiger partial charge >= 0.3 is 0 Å². The summed E-state index contributed by atoms with van der Waals surface area (Å²) in [6.07, 6.45) is 0.443. The summed E-state index contributed by atoms with van der Waals surface area (Å²) in [6.45, 7) is 2.92. The minimum Gasteiger partial charge on any atom is -0.348 e. The topological polar surface area (TPSA) is 88.3 Å². The van der Waals surface area contributed by atoms with Crippen LogP contribution in [0.15, 0.2) is 77.3 Å². The van der Waals surface area contributed by atoms with Gasteiger partial charge in [0.2, 0.25) is 0 Å². The second kappa shape index (κ2) is 11.0. The van der Waals surface area contributed by atoms with Gasteiger partial charge in [-0.3, -0.25) is 9.59 Å². The van der Waals surface area contributed by atoms with Gasteiger partial charge in [0.05, 0.1) is 0 Å². The van der Waals surface area contributed by atoms with Crippen molar-refractivity contribution in [3.63, 3.8) is 0 Å². The zero-order chi connectivity index (χ0) is 24.8. The Morgan fingerprint density at radius 2 is 1.60 bits per heavy atom. The van der Waals surface area contributed by atoms with Gasteiger partial charge in [0.15, 0.2) is 5.82 Å². The van der Waals surface area contributed by atoms with E-state index in [-0.39, 0.29) is 11.8 Å². The van der Waals surface area contributed by atoms with Crippen LogP contribution in [0.5, 0.6) is 0 Å². The van der Waals surface area contributed by atoms with E-state index in [0.29, 0.717) is 52.9 Å². The van der Waals surface area contributed by atoms with Crippen LogP contribution in [0, 0.1) is 6.92 Å². The Morgan fingerprint density at radius 3 is 2.29 bits per heavy atom. The summed E-state index contributed by atoms with van der Waals surface area (Å²) in [4.78, 5) is 31.0. The molecule has 0 aliphatic carbocycles. The molecule has 0 unspecified atom stereocenters. The molecule has 7 nitrogen and oxygen atoms in total. The average molecular weight is 489 g/mol. The first-order valence-electron chi connectivity index (χ1n) is 11.2. The quantitative estimate of drug-likeness (QED) is 0.379. The molecule has 8 heteroatoms. The van der Waals surface area contributed by atoms with Gasteiger partial charge in [0, 0.05) is 48.3 Å². The fourth-order valence-corrected chi connectivity index (χ4v) is 3.54. The van der Waals surface area contributed by atoms with E-state index in [1.807, 2.05) is 31.2 Å². The zero-order valence-electron chi connectivity index (χ0n) is 19.5. The monoisotopic (exact) mass is 488 g/mol. The highest BCUT2D eigenvalue weighted by atomic mass is 35.5. The molecule has 0 fully saturated rings. The van der Waals surface area contributed by atoms with Crippen molar-refractivity contribution in [3.05, 3.63) is 106 Å². The summed E-state index contributed by atoms with van der Waals surface area (Å²) in [6, 6.07) is 21.8. The number of likely N-dealkylation sites (N-methyl/N-ethyl adjacent to an activating group) is 1. The Labute approximate surface area is 208 Å². The van der Waals surface area contributed by atoms with Crippen molar-refractivity contribution in [1.29, 1.82) is 0 Å². The number of rotatable bonds is 8. The van der Waals surface area contributed by atoms with Crippen LogP contribution in [0.2, 0.25) is 5.02 Å². The molecule has 1 heterocycles. The number of benzene rings is 3. The highest BCUT2D eigenvalue weighted by molar-refractivity contribution is 6.30. The second-order valence-electron chi connectivity index (χ2n) is 8.24. The average Bonchev–Trinajstić information content (AvgIpc) is 3.36. The standard InChI is InChI=1S/C27H25ClN4O3/c1-18-3-5-19(6-4-18)17-29-25(33)20-7-9-21(10-8-20)26-30-24(31-35-26)15-16-32(2)27(34)22-11-13-23(28)14-12-22/h3-14H,15-17H2,1-2H3,(H,29,33). The van der Waals surface area contributed by atoms with Gasteiger partial charge in [-0.15, -0.1) is 0 Å². The number of carbonyl (C=O) groups excluding carboxylic acids is 2. The van der Waals surface area contributed by atoms with Gasteiger partial charge in [-0.1, -0.05) is 46.6 Å². The molecule has 4 rings (SSSR count). The van der Waals surface area contributed by atoms with Crippen molar-refractivity contribution >= 4 is 23.4 Å². The first kappa shape index (κ1) is 24.2. The minimum absolute atomic E-state index is 0.110. The van der Waals surface area contributed by atoms with E-state index in [4.69, 9.17) is 16.1 Å². The molecule has 0 bridgehead atoms. The number of amides is 2. The van der Waals surface area contributed by atoms with Crippen molar-refractivity contribution in [2.45, 2.75) is 19.9 Å². The molecule has 1 N–H and O–H groups in total. The highest BCUT2D eigenvalue weighted by Crippen LogP contribution is 2.18. The van der Waals surface area contributed by atoms with Gasteiger partial charge < -0.3 is 14.7 Å². The highest BCUT2D eigenvalue weighted by Gasteiger charge is 2.15. The Hall–Kier alpha value is -3.97. The molecule has 0 radical (unpaired) electrons. The van der Waals surface area contributed by atoms with Crippen LogP contribution >= 0.6 is 11.6 Å². The fraction of sp³-hybridized carbons (Fsp3) is 0.185. The van der Waals surface area contributed by atoms with Crippen molar-refractivity contribution in [3.8, 4) is 11.5 Å². The summed E-state index contributed by atoms with van der Waals surface area (Å²) in [7, 11) is 1.72. The SMILES string of the molecule is Cc1ccc(CNC(=O)c2ccc(-c3nc(CCN(C)C(=O)c4ccc(Cl)cc4)no3)cc2)cc1. The van der Waals surface area contributed by atoms with Crippen LogP contribution in [-0.2, 0) is 13.0 Å². The van der Waals surface area contributed by atoms with E-state index in [1.165, 1.54) is 5.56 Å². The summed E-state index contributed by atoms with van der Waals surface area (Å²) in [5.41, 5.74) is 4.04. The normalized spacial score (nSPS) is 10.7. The molecule has 0 aliphatic heterocycles. The van der Waals surface area contributed by atoms with E-state index in [2.05, 4.69) is 15.5 Å². The third kappa shape index (κ3) is 6.33. The van der Waals surface area contributed by atoms with E-state index >= 15 is 0 Å². The number of halogens is 1. The van der Waals surface area contributed by atoms with Crippen LogP contribution in [0.4, 0.5) is 0 Å². The van der Waals surface area contributed by atoms with Crippen molar-refractivity contribution in [2.75, 3.05) is 13.6 Å². The molecule has 1 aromatic heterocycles. The number of hydrogen-bond acceptors (Lipinski definition) is 5. The zero-order valence-corrected chi connectivity index (χ0v) is 20.2. The number of hydrogen-bond donors (Lipinski definition) is 1. The molecular formula is C27H25ClN4O3. The van der Waals surface area contributed by atoms with Crippen LogP contribution in [0.3, 0.4) is 0 Å². The van der Waals surface area contributed by atoms with E-state index in [1.54, 1.807) is 60.5 Å². The Kier molecular flexibility index (Phi) is 7.57. The van der Waals surface area contributed by atoms with E-state index in [9.17, 15) is 9.59 Å². The van der Waals surface area contributed by atoms with Crippen LogP contribution in [0.1, 0.15) is 37.7 Å². The molecule has 178 valence electrons. The lowest BCUT2D eigenvalue weighted by Gasteiger charge is -2.16. The van der Waals surface area contributed by atoms with Gasteiger partial charge in [-0.05, 0) is 61.0 Å². The molecule has 3 aromatic carbocycles. The van der Waals surface area contributed by atoms with Crippen LogP contribution < -0.4 is 5.32 Å². The maximum absolute atomic E-state index is 12.5. The molecular weight excluding hydrogens is 464 g/mol. The second-order valence-corrected chi connectivity index (χ2v) is 8.68. The molecule has 0 saturated heterocycles. The summed E-state index contributed by atoms with van der Waals surface area (Å²) >= 11 is 5.88. The summed E-state index contributed by atoms with van der Waals surface area (Å²) in [5.74, 6) is 0.590. The molecule has 2 amide bonds. The lowest BCUT2D eigenvalue weighted by molar-refractivity contribution is 0.0795. The van der Waals surface area contributed by atoms with Crippen LogP contribution in [0.25, 0.3) is 11.5 Å². The van der Waals surface area contributed by atoms with Gasteiger partial charge in [0.1, 0.15) is 0 Å². The molecule has 0 saturated carbocycles. The third-order valence-electron chi connectivity index (χ3n) is 5.54. The van der Waals surface area contributed by atoms with Gasteiger partial charge in [-0.2, -0.15) is 4.98 Å². The fourth-order valence-electron chi connectivity index (χ4n) is 3.41. The number of aromatic nitrogens is 2. The number of nitrogens with one attached hydrogen (secondary N) is 1. The maximum Gasteiger partial charge on any atom is 0.257 e. The van der Waals surface area contributed by atoms with Gasteiger partial charge in [0.25, 0.3) is 17.7 Å². The predicted molar refractivity (Wildman–Crippen MR) is 134 cm³/mol. The smallest absolute Gasteiger partial charge is 0.257 e. The van der Waals surface area contributed by atoms with Gasteiger partial charge in [-0.25, -0.2) is 0 Å². The summed E-state index contributed by atoms with van der Waals surface area (Å²) in [5, 5.41) is 7.52. The predicted octanol–water partition coefficient (Wildman–Crippen LogP) is 4.94. The van der Waals surface area contributed by atoms with E-state index in [0.717, 1.165) is 5.56 Å². The van der Waals surface area contributed by atoms with Crippen molar-refractivity contribution in [1.82, 2.24) is 20.4 Å². The number of nitrogens with zero attached hydrogens (tertiary/aromatic N) is 3. The first-order chi connectivity index (χ1) is 16.9. The Bertz CT molecular complexity index is 1300. The summed E-state index contributed by atoms with van der Waals surface area (Å²) < 4.78 is 5.38. The molecule has 0 atom stereocenters. The molecule has 35 heavy (non-hydrogen) atoms. The van der Waals surface area contributed by atoms with E-state index < -0.39 is 0 Å². The maximum atomic E-state index is 12.5. The molecule has 0 spiro atoms. The largest absolute Gasteiger partial charge is 0.348 e. The third-order valence-corrected chi connectivity index (χ3v) is 5.80. The van der Waals surface area contributed by atoms with Crippen molar-refractivity contribution in [2.24, 2.45) is 0 Å². The Balaban J connectivity index is 1.30. The lowest BCUT2D eigenvalue weighted by Crippen LogP contribution is -2.29. The molecule has 0 aliphatic rings. The lowest BCUT2D eigenvalue weighted by atomic mass is 10.1. The Morgan fingerprint density at radius 1 is 0.943 bits per heavy atom.